The standard InChI is InChI=1S/2C11H7F3N2.CH2O/c2*12-11(13,14)9-6-10(16-15-7-9)8-4-2-1-3-5-8;1-2/h2*1-7H;1H2. The van der Waals surface area contributed by atoms with Gasteiger partial charge >= 0.3 is 12.4 Å². The van der Waals surface area contributed by atoms with E-state index in [2.05, 4.69) is 20.4 Å². The van der Waals surface area contributed by atoms with Gasteiger partial charge in [0, 0.05) is 11.1 Å². The van der Waals surface area contributed by atoms with E-state index in [0.717, 1.165) is 12.1 Å². The lowest BCUT2D eigenvalue weighted by Gasteiger charge is -2.06. The lowest BCUT2D eigenvalue weighted by atomic mass is 10.1. The van der Waals surface area contributed by atoms with Gasteiger partial charge in [0.25, 0.3) is 0 Å². The molecule has 5 nitrogen and oxygen atoms in total. The zero-order valence-corrected chi connectivity index (χ0v) is 17.3. The first kappa shape index (κ1) is 26.1. The number of halogens is 6. The van der Waals surface area contributed by atoms with E-state index in [1.54, 1.807) is 60.7 Å². The average molecular weight is 478 g/mol. The molecule has 0 atom stereocenters. The summed E-state index contributed by atoms with van der Waals surface area (Å²) < 4.78 is 74.5. The van der Waals surface area contributed by atoms with E-state index in [9.17, 15) is 26.3 Å². The van der Waals surface area contributed by atoms with Crippen molar-refractivity contribution < 1.29 is 31.1 Å². The second-order valence-corrected chi connectivity index (χ2v) is 6.39. The van der Waals surface area contributed by atoms with Crippen molar-refractivity contribution in [2.45, 2.75) is 12.4 Å². The second kappa shape index (κ2) is 11.6. The molecule has 0 saturated heterocycles. The number of carbonyl (C=O) groups is 1. The van der Waals surface area contributed by atoms with Crippen molar-refractivity contribution in [1.29, 1.82) is 0 Å². The number of rotatable bonds is 2. The number of carbonyl (C=O) groups excluding carboxylic acids is 1. The molecule has 11 heteroatoms. The highest BCUT2D eigenvalue weighted by molar-refractivity contribution is 5.59. The summed E-state index contributed by atoms with van der Waals surface area (Å²) >= 11 is 0. The van der Waals surface area contributed by atoms with Crippen LogP contribution >= 0.6 is 0 Å². The van der Waals surface area contributed by atoms with E-state index in [-0.39, 0.29) is 11.4 Å². The number of hydrogen-bond acceptors (Lipinski definition) is 5. The monoisotopic (exact) mass is 478 g/mol. The summed E-state index contributed by atoms with van der Waals surface area (Å²) in [6.45, 7) is 2.00. The summed E-state index contributed by atoms with van der Waals surface area (Å²) in [4.78, 5) is 8.00. The van der Waals surface area contributed by atoms with Crippen LogP contribution < -0.4 is 0 Å². The van der Waals surface area contributed by atoms with Crippen molar-refractivity contribution in [2.24, 2.45) is 0 Å². The van der Waals surface area contributed by atoms with Crippen molar-refractivity contribution >= 4 is 6.79 Å². The fourth-order valence-corrected chi connectivity index (χ4v) is 2.54. The molecule has 0 spiro atoms. The summed E-state index contributed by atoms with van der Waals surface area (Å²) in [5.41, 5.74) is 0.0794. The van der Waals surface area contributed by atoms with Gasteiger partial charge in [0.1, 0.15) is 6.79 Å². The summed E-state index contributed by atoms with van der Waals surface area (Å²) in [6.07, 6.45) is -7.35. The van der Waals surface area contributed by atoms with Gasteiger partial charge in [-0.15, -0.1) is 0 Å². The Morgan fingerprint density at radius 2 is 0.882 bits per heavy atom. The summed E-state index contributed by atoms with van der Waals surface area (Å²) in [7, 11) is 0. The number of hydrogen-bond donors (Lipinski definition) is 0. The Bertz CT molecular complexity index is 1080. The van der Waals surface area contributed by atoms with Crippen LogP contribution in [0.15, 0.2) is 85.2 Å². The molecule has 0 bridgehead atoms. The van der Waals surface area contributed by atoms with E-state index >= 15 is 0 Å². The van der Waals surface area contributed by atoms with Crippen LogP contribution in [0.5, 0.6) is 0 Å². The van der Waals surface area contributed by atoms with E-state index in [0.29, 0.717) is 23.5 Å². The van der Waals surface area contributed by atoms with Gasteiger partial charge in [-0.2, -0.15) is 46.7 Å². The fourth-order valence-electron chi connectivity index (χ4n) is 2.54. The highest BCUT2D eigenvalue weighted by atomic mass is 19.4. The van der Waals surface area contributed by atoms with Crippen LogP contribution in [0, 0.1) is 0 Å². The first-order chi connectivity index (χ1) is 16.1. The first-order valence-electron chi connectivity index (χ1n) is 9.34. The van der Waals surface area contributed by atoms with E-state index in [1.165, 1.54) is 0 Å². The number of aromatic nitrogens is 4. The number of benzene rings is 2. The number of nitrogens with zero attached hydrogens (tertiary/aromatic N) is 4. The largest absolute Gasteiger partial charge is 0.418 e. The minimum Gasteiger partial charge on any atom is -0.307 e. The molecule has 0 saturated carbocycles. The van der Waals surface area contributed by atoms with Gasteiger partial charge < -0.3 is 4.79 Å². The van der Waals surface area contributed by atoms with Crippen LogP contribution in [0.3, 0.4) is 0 Å². The molecule has 4 rings (SSSR count). The molecular formula is C23H16F6N4O. The van der Waals surface area contributed by atoms with Gasteiger partial charge in [-0.05, 0) is 12.1 Å². The lowest BCUT2D eigenvalue weighted by Crippen LogP contribution is -2.06. The highest BCUT2D eigenvalue weighted by Crippen LogP contribution is 2.31. The average Bonchev–Trinajstić information content (AvgIpc) is 2.86. The van der Waals surface area contributed by atoms with Gasteiger partial charge in [-0.25, -0.2) is 0 Å². The molecule has 0 fully saturated rings. The Morgan fingerprint density at radius 1 is 0.559 bits per heavy atom. The predicted octanol–water partition coefficient (Wildman–Crippen LogP) is 6.14. The second-order valence-electron chi connectivity index (χ2n) is 6.39. The Labute approximate surface area is 190 Å². The molecule has 4 aromatic rings. The Kier molecular flexibility index (Phi) is 8.94. The van der Waals surface area contributed by atoms with Gasteiger partial charge in [0.2, 0.25) is 0 Å². The Balaban J connectivity index is 0.000000224. The quantitative estimate of drug-likeness (QED) is 0.324. The summed E-state index contributed by atoms with van der Waals surface area (Å²) in [5, 5.41) is 14.1. The minimum absolute atomic E-state index is 0.218. The van der Waals surface area contributed by atoms with Crippen LogP contribution in [0.4, 0.5) is 26.3 Å². The molecule has 34 heavy (non-hydrogen) atoms. The maximum atomic E-state index is 12.4. The van der Waals surface area contributed by atoms with Crippen molar-refractivity contribution in [1.82, 2.24) is 20.4 Å². The summed E-state index contributed by atoms with van der Waals surface area (Å²) in [5.74, 6) is 0. The molecule has 0 N–H and O–H groups in total. The molecule has 0 amide bonds. The molecule has 176 valence electrons. The van der Waals surface area contributed by atoms with E-state index < -0.39 is 23.5 Å². The van der Waals surface area contributed by atoms with Gasteiger partial charge in [0.15, 0.2) is 0 Å². The van der Waals surface area contributed by atoms with Gasteiger partial charge in [-0.3, -0.25) is 0 Å². The van der Waals surface area contributed by atoms with Crippen LogP contribution in [0.1, 0.15) is 11.1 Å². The van der Waals surface area contributed by atoms with Crippen molar-refractivity contribution in [3.05, 3.63) is 96.3 Å². The van der Waals surface area contributed by atoms with Crippen molar-refractivity contribution in [3.8, 4) is 22.5 Å². The Hall–Kier alpha value is -4.15. The smallest absolute Gasteiger partial charge is 0.307 e. The van der Waals surface area contributed by atoms with Crippen LogP contribution in [-0.4, -0.2) is 27.2 Å². The predicted molar refractivity (Wildman–Crippen MR) is 112 cm³/mol. The Morgan fingerprint density at radius 3 is 1.18 bits per heavy atom. The zero-order chi connectivity index (χ0) is 25.2. The summed E-state index contributed by atoms with van der Waals surface area (Å²) in [6, 6.07) is 19.2. The highest BCUT2D eigenvalue weighted by Gasteiger charge is 2.32. The van der Waals surface area contributed by atoms with E-state index in [4.69, 9.17) is 4.79 Å². The third-order valence-electron chi connectivity index (χ3n) is 4.10. The molecule has 2 heterocycles. The molecule has 2 aromatic carbocycles. The van der Waals surface area contributed by atoms with Crippen molar-refractivity contribution in [3.63, 3.8) is 0 Å². The minimum atomic E-state index is -4.39. The molecule has 0 aliphatic rings. The molecule has 0 unspecified atom stereocenters. The third kappa shape index (κ3) is 7.47. The lowest BCUT2D eigenvalue weighted by molar-refractivity contribution is -0.138. The van der Waals surface area contributed by atoms with Gasteiger partial charge in [-0.1, -0.05) is 60.7 Å². The zero-order valence-electron chi connectivity index (χ0n) is 17.3. The number of alkyl halides is 6. The van der Waals surface area contributed by atoms with Crippen molar-refractivity contribution in [2.75, 3.05) is 0 Å². The first-order valence-corrected chi connectivity index (χ1v) is 9.34. The maximum absolute atomic E-state index is 12.4. The maximum Gasteiger partial charge on any atom is 0.418 e. The van der Waals surface area contributed by atoms with Crippen LogP contribution in [0.2, 0.25) is 0 Å². The molecular weight excluding hydrogens is 462 g/mol. The van der Waals surface area contributed by atoms with Crippen LogP contribution in [0.25, 0.3) is 22.5 Å². The topological polar surface area (TPSA) is 68.6 Å². The molecule has 0 aliphatic carbocycles. The van der Waals surface area contributed by atoms with E-state index in [1.807, 2.05) is 6.79 Å². The van der Waals surface area contributed by atoms with Gasteiger partial charge in [0.05, 0.1) is 34.9 Å². The van der Waals surface area contributed by atoms with Crippen LogP contribution in [-0.2, 0) is 17.1 Å². The SMILES string of the molecule is C=O.FC(F)(F)c1cnnc(-c2ccccc2)c1.FC(F)(F)c1cnnc(-c2ccccc2)c1. The third-order valence-corrected chi connectivity index (χ3v) is 4.10. The fraction of sp³-hybridized carbons (Fsp3) is 0.0870. The normalized spacial score (nSPS) is 10.9. The molecule has 0 aliphatic heterocycles. The molecule has 2 aromatic heterocycles. The molecule has 0 radical (unpaired) electrons.